The first kappa shape index (κ1) is 20.4. The van der Waals surface area contributed by atoms with Crippen LogP contribution in [0.15, 0.2) is 60.7 Å². The molecule has 3 heteroatoms. The lowest BCUT2D eigenvalue weighted by Gasteiger charge is -2.23. The molecule has 0 spiro atoms. The number of hydrogen-bond donors (Lipinski definition) is 1. The quantitative estimate of drug-likeness (QED) is 0.703. The first-order valence-electron chi connectivity index (χ1n) is 8.80. The van der Waals surface area contributed by atoms with Gasteiger partial charge in [0.1, 0.15) is 0 Å². The summed E-state index contributed by atoms with van der Waals surface area (Å²) in [6.45, 7) is 9.42. The average Bonchev–Trinajstić information content (AvgIpc) is 2.62. The molecule has 0 fully saturated rings. The van der Waals surface area contributed by atoms with Gasteiger partial charge in [0.25, 0.3) is 0 Å². The van der Waals surface area contributed by atoms with Crippen molar-refractivity contribution in [3.8, 4) is 0 Å². The minimum atomic E-state index is -0.335. The van der Waals surface area contributed by atoms with Crippen LogP contribution in [0.1, 0.15) is 31.9 Å². The van der Waals surface area contributed by atoms with Gasteiger partial charge in [0, 0.05) is 19.6 Å². The predicted molar refractivity (Wildman–Crippen MR) is 101 cm³/mol. The van der Waals surface area contributed by atoms with E-state index < -0.39 is 0 Å². The van der Waals surface area contributed by atoms with Gasteiger partial charge in [-0.15, -0.1) is 0 Å². The molecule has 0 aliphatic heterocycles. The van der Waals surface area contributed by atoms with Crippen molar-refractivity contribution in [3.05, 3.63) is 71.8 Å². The highest BCUT2D eigenvalue weighted by molar-refractivity contribution is 5.14. The molecular weight excluding hydrogens is 298 g/mol. The SMILES string of the molecule is CC.CC(O)CN(CCOCc1ccccc1)Cc1ccccc1. The van der Waals surface area contributed by atoms with Gasteiger partial charge in [0.15, 0.2) is 0 Å². The van der Waals surface area contributed by atoms with Gasteiger partial charge in [0.2, 0.25) is 0 Å². The minimum Gasteiger partial charge on any atom is -0.392 e. The third kappa shape index (κ3) is 8.82. The number of hydrogen-bond acceptors (Lipinski definition) is 3. The van der Waals surface area contributed by atoms with Crippen LogP contribution in [0, 0.1) is 0 Å². The van der Waals surface area contributed by atoms with E-state index in [1.165, 1.54) is 11.1 Å². The number of rotatable bonds is 9. The molecule has 0 saturated heterocycles. The van der Waals surface area contributed by atoms with E-state index in [0.717, 1.165) is 13.1 Å². The molecule has 0 aliphatic carbocycles. The summed E-state index contributed by atoms with van der Waals surface area (Å²) in [7, 11) is 0. The van der Waals surface area contributed by atoms with Crippen LogP contribution < -0.4 is 0 Å². The zero-order valence-electron chi connectivity index (χ0n) is 15.2. The van der Waals surface area contributed by atoms with Crippen molar-refractivity contribution in [3.63, 3.8) is 0 Å². The highest BCUT2D eigenvalue weighted by atomic mass is 16.5. The lowest BCUT2D eigenvalue weighted by molar-refractivity contribution is 0.0678. The Labute approximate surface area is 146 Å². The Balaban J connectivity index is 0.00000139. The molecule has 0 radical (unpaired) electrons. The van der Waals surface area contributed by atoms with Gasteiger partial charge < -0.3 is 9.84 Å². The molecule has 0 aliphatic rings. The zero-order chi connectivity index (χ0) is 17.6. The fourth-order valence-corrected chi connectivity index (χ4v) is 2.41. The first-order valence-corrected chi connectivity index (χ1v) is 8.80. The molecule has 0 aromatic heterocycles. The molecule has 132 valence electrons. The second-order valence-electron chi connectivity index (χ2n) is 5.61. The summed E-state index contributed by atoms with van der Waals surface area (Å²) in [6.07, 6.45) is -0.335. The second-order valence-corrected chi connectivity index (χ2v) is 5.61. The zero-order valence-corrected chi connectivity index (χ0v) is 15.2. The number of aliphatic hydroxyl groups is 1. The monoisotopic (exact) mass is 329 g/mol. The Kier molecular flexibility index (Phi) is 10.8. The van der Waals surface area contributed by atoms with Crippen molar-refractivity contribution < 1.29 is 9.84 Å². The molecule has 24 heavy (non-hydrogen) atoms. The van der Waals surface area contributed by atoms with Crippen LogP contribution in [0.5, 0.6) is 0 Å². The Hall–Kier alpha value is -1.68. The molecular formula is C21H31NO2. The van der Waals surface area contributed by atoms with Crippen LogP contribution in [0.4, 0.5) is 0 Å². The van der Waals surface area contributed by atoms with Crippen molar-refractivity contribution in [2.24, 2.45) is 0 Å². The molecule has 0 saturated carbocycles. The summed E-state index contributed by atoms with van der Waals surface area (Å²) >= 11 is 0. The number of ether oxygens (including phenoxy) is 1. The van der Waals surface area contributed by atoms with Gasteiger partial charge in [-0.2, -0.15) is 0 Å². The third-order valence-corrected chi connectivity index (χ3v) is 3.43. The van der Waals surface area contributed by atoms with Crippen LogP contribution in [0.2, 0.25) is 0 Å². The van der Waals surface area contributed by atoms with E-state index in [4.69, 9.17) is 4.74 Å². The minimum absolute atomic E-state index is 0.335. The molecule has 0 bridgehead atoms. The smallest absolute Gasteiger partial charge is 0.0717 e. The number of benzene rings is 2. The Bertz CT molecular complexity index is 514. The molecule has 0 amide bonds. The van der Waals surface area contributed by atoms with Crippen LogP contribution in [-0.2, 0) is 17.9 Å². The van der Waals surface area contributed by atoms with Gasteiger partial charge in [-0.25, -0.2) is 0 Å². The maximum absolute atomic E-state index is 9.65. The van der Waals surface area contributed by atoms with E-state index in [-0.39, 0.29) is 6.10 Å². The fraction of sp³-hybridized carbons (Fsp3) is 0.429. The normalized spacial score (nSPS) is 11.7. The van der Waals surface area contributed by atoms with Crippen molar-refractivity contribution in [1.29, 1.82) is 0 Å². The van der Waals surface area contributed by atoms with Gasteiger partial charge >= 0.3 is 0 Å². The first-order chi connectivity index (χ1) is 11.7. The largest absolute Gasteiger partial charge is 0.392 e. The number of nitrogens with zero attached hydrogens (tertiary/aromatic N) is 1. The van der Waals surface area contributed by atoms with Gasteiger partial charge in [-0.1, -0.05) is 74.5 Å². The van der Waals surface area contributed by atoms with E-state index >= 15 is 0 Å². The summed E-state index contributed by atoms with van der Waals surface area (Å²) in [5.74, 6) is 0. The molecule has 1 unspecified atom stereocenters. The highest BCUT2D eigenvalue weighted by Crippen LogP contribution is 2.06. The third-order valence-electron chi connectivity index (χ3n) is 3.43. The van der Waals surface area contributed by atoms with Crippen LogP contribution >= 0.6 is 0 Å². The topological polar surface area (TPSA) is 32.7 Å². The standard InChI is InChI=1S/C19H25NO2.C2H6/c1-17(21)14-20(15-18-8-4-2-5-9-18)12-13-22-16-19-10-6-3-7-11-19;1-2/h2-11,17,21H,12-16H2,1H3;1-2H3. The van der Waals surface area contributed by atoms with Crippen LogP contribution in [0.3, 0.4) is 0 Å². The lowest BCUT2D eigenvalue weighted by atomic mass is 10.2. The fourth-order valence-electron chi connectivity index (χ4n) is 2.41. The Morgan fingerprint density at radius 1 is 0.917 bits per heavy atom. The van der Waals surface area contributed by atoms with Crippen LogP contribution in [0.25, 0.3) is 0 Å². The Morgan fingerprint density at radius 3 is 2.00 bits per heavy atom. The van der Waals surface area contributed by atoms with Gasteiger partial charge in [-0.3, -0.25) is 4.90 Å². The molecule has 2 rings (SSSR count). The van der Waals surface area contributed by atoms with Crippen molar-refractivity contribution in [2.75, 3.05) is 19.7 Å². The summed E-state index contributed by atoms with van der Waals surface area (Å²) in [4.78, 5) is 2.23. The molecule has 1 N–H and O–H groups in total. The van der Waals surface area contributed by atoms with E-state index in [1.807, 2.05) is 57.2 Å². The maximum Gasteiger partial charge on any atom is 0.0717 e. The molecule has 2 aromatic rings. The maximum atomic E-state index is 9.65. The van der Waals surface area contributed by atoms with Gasteiger partial charge in [0.05, 0.1) is 19.3 Å². The molecule has 3 nitrogen and oxygen atoms in total. The Morgan fingerprint density at radius 2 is 1.46 bits per heavy atom. The molecule has 0 heterocycles. The van der Waals surface area contributed by atoms with Crippen molar-refractivity contribution in [1.82, 2.24) is 4.90 Å². The van der Waals surface area contributed by atoms with E-state index in [0.29, 0.717) is 19.8 Å². The summed E-state index contributed by atoms with van der Waals surface area (Å²) < 4.78 is 5.75. The molecule has 2 aromatic carbocycles. The van der Waals surface area contributed by atoms with Gasteiger partial charge in [-0.05, 0) is 18.1 Å². The number of aliphatic hydroxyl groups excluding tert-OH is 1. The highest BCUT2D eigenvalue weighted by Gasteiger charge is 2.09. The van der Waals surface area contributed by atoms with Crippen molar-refractivity contribution >= 4 is 0 Å². The average molecular weight is 329 g/mol. The summed E-state index contributed by atoms with van der Waals surface area (Å²) in [5, 5.41) is 9.65. The lowest BCUT2D eigenvalue weighted by Crippen LogP contribution is -2.33. The molecule has 1 atom stereocenters. The summed E-state index contributed by atoms with van der Waals surface area (Å²) in [5.41, 5.74) is 2.44. The van der Waals surface area contributed by atoms with Crippen LogP contribution in [-0.4, -0.2) is 35.8 Å². The second kappa shape index (κ2) is 12.7. The van der Waals surface area contributed by atoms with E-state index in [1.54, 1.807) is 0 Å². The van der Waals surface area contributed by atoms with Crippen molar-refractivity contribution in [2.45, 2.75) is 40.0 Å². The predicted octanol–water partition coefficient (Wildman–Crippen LogP) is 4.11. The summed E-state index contributed by atoms with van der Waals surface area (Å²) in [6, 6.07) is 20.5. The van der Waals surface area contributed by atoms with E-state index in [2.05, 4.69) is 29.2 Å². The van der Waals surface area contributed by atoms with E-state index in [9.17, 15) is 5.11 Å².